The minimum absolute atomic E-state index is 0. The summed E-state index contributed by atoms with van der Waals surface area (Å²) in [5, 5.41) is 0.369. The minimum atomic E-state index is -2.43. The molecule has 12 heavy (non-hydrogen) atoms. The van der Waals surface area contributed by atoms with Crippen molar-refractivity contribution in [1.29, 1.82) is 0 Å². The number of hydrogen-bond donors (Lipinski definition) is 0. The Hall–Kier alpha value is -0.220. The van der Waals surface area contributed by atoms with Crippen LogP contribution in [-0.4, -0.2) is 4.98 Å². The highest BCUT2D eigenvalue weighted by molar-refractivity contribution is 9.08. The van der Waals surface area contributed by atoms with Crippen LogP contribution in [0.1, 0.15) is 17.7 Å². The van der Waals surface area contributed by atoms with Crippen molar-refractivity contribution in [3.63, 3.8) is 0 Å². The van der Waals surface area contributed by atoms with Crippen LogP contribution in [0.5, 0.6) is 0 Å². The van der Waals surface area contributed by atoms with Crippen molar-refractivity contribution in [1.82, 2.24) is 4.98 Å². The highest BCUT2D eigenvalue weighted by Gasteiger charge is 2.11. The Labute approximate surface area is 83.7 Å². The molecule has 0 aliphatic rings. The van der Waals surface area contributed by atoms with Gasteiger partial charge in [0, 0.05) is 17.1 Å². The summed E-state index contributed by atoms with van der Waals surface area (Å²) in [6.45, 7) is 0. The highest BCUT2D eigenvalue weighted by Crippen LogP contribution is 2.22. The second kappa shape index (κ2) is 5.43. The molecule has 68 valence electrons. The molecule has 0 N–H and O–H groups in total. The molecule has 1 heterocycles. The lowest BCUT2D eigenvalue weighted by molar-refractivity contribution is 0.150. The Morgan fingerprint density at radius 1 is 1.50 bits per heavy atom. The molecule has 1 aromatic rings. The van der Waals surface area contributed by atoms with Crippen LogP contribution in [0.2, 0.25) is 0 Å². The maximum Gasteiger partial charge on any atom is 0.265 e. The average Bonchev–Trinajstić information content (AvgIpc) is 2.04. The van der Waals surface area contributed by atoms with Gasteiger partial charge in [0.05, 0.1) is 5.69 Å². The van der Waals surface area contributed by atoms with Gasteiger partial charge in [0.25, 0.3) is 6.43 Å². The number of hydrogen-bond acceptors (Lipinski definition) is 1. The van der Waals surface area contributed by atoms with Crippen molar-refractivity contribution in [2.24, 2.45) is 0 Å². The van der Waals surface area contributed by atoms with Gasteiger partial charge in [-0.3, -0.25) is 4.98 Å². The lowest BCUT2D eigenvalue weighted by atomic mass is 10.2. The van der Waals surface area contributed by atoms with E-state index in [4.69, 9.17) is 0 Å². The molecule has 0 saturated heterocycles. The van der Waals surface area contributed by atoms with Crippen molar-refractivity contribution in [3.05, 3.63) is 29.6 Å². The van der Waals surface area contributed by atoms with Gasteiger partial charge in [0.15, 0.2) is 0 Å². The number of rotatable bonds is 2. The zero-order valence-corrected chi connectivity index (χ0v) is 8.41. The molecule has 0 aliphatic heterocycles. The maximum atomic E-state index is 12.2. The molecule has 0 spiro atoms. The van der Waals surface area contributed by atoms with Gasteiger partial charge in [0.2, 0.25) is 0 Å². The van der Waals surface area contributed by atoms with E-state index in [1.165, 1.54) is 18.3 Å². The molecule has 0 aliphatic carbocycles. The van der Waals surface area contributed by atoms with Crippen LogP contribution in [0.4, 0.5) is 8.78 Å². The highest BCUT2D eigenvalue weighted by atomic mass is 79.9. The summed E-state index contributed by atoms with van der Waals surface area (Å²) in [5.74, 6) is 0. The van der Waals surface area contributed by atoms with Gasteiger partial charge < -0.3 is 0 Å². The number of aromatic nitrogens is 1. The Morgan fingerprint density at radius 3 is 2.58 bits per heavy atom. The molecular weight excluding hydrogens is 251 g/mol. The first-order valence-corrected chi connectivity index (χ1v) is 4.15. The van der Waals surface area contributed by atoms with Crippen LogP contribution >= 0.6 is 28.3 Å². The number of nitrogens with zero attached hydrogens (tertiary/aromatic N) is 1. The molecule has 0 saturated carbocycles. The fraction of sp³-hybridized carbons (Fsp3) is 0.286. The van der Waals surface area contributed by atoms with E-state index >= 15 is 0 Å². The van der Waals surface area contributed by atoms with Crippen LogP contribution in [0, 0.1) is 0 Å². The quantitative estimate of drug-likeness (QED) is 0.742. The normalized spacial score (nSPS) is 9.67. The van der Waals surface area contributed by atoms with Gasteiger partial charge in [-0.2, -0.15) is 0 Å². The van der Waals surface area contributed by atoms with Crippen LogP contribution in [0.3, 0.4) is 0 Å². The van der Waals surface area contributed by atoms with E-state index < -0.39 is 6.43 Å². The van der Waals surface area contributed by atoms with Gasteiger partial charge in [0.1, 0.15) is 0 Å². The SMILES string of the molecule is Cl.FC(F)c1cccnc1CBr. The summed E-state index contributed by atoms with van der Waals surface area (Å²) in [7, 11) is 0. The topological polar surface area (TPSA) is 12.9 Å². The summed E-state index contributed by atoms with van der Waals surface area (Å²) in [6, 6.07) is 2.89. The first-order chi connectivity index (χ1) is 5.25. The fourth-order valence-corrected chi connectivity index (χ4v) is 1.23. The summed E-state index contributed by atoms with van der Waals surface area (Å²) in [5.41, 5.74) is 0.409. The molecule has 0 radical (unpaired) electrons. The molecule has 1 aromatic heterocycles. The second-order valence-electron chi connectivity index (χ2n) is 1.97. The van der Waals surface area contributed by atoms with Crippen LogP contribution in [-0.2, 0) is 5.33 Å². The zero-order valence-electron chi connectivity index (χ0n) is 6.01. The van der Waals surface area contributed by atoms with Gasteiger partial charge in [-0.15, -0.1) is 12.4 Å². The Morgan fingerprint density at radius 2 is 2.17 bits per heavy atom. The number of halogens is 4. The summed E-state index contributed by atoms with van der Waals surface area (Å²) in [4.78, 5) is 3.79. The van der Waals surface area contributed by atoms with Gasteiger partial charge >= 0.3 is 0 Å². The first kappa shape index (κ1) is 11.8. The monoisotopic (exact) mass is 257 g/mol. The molecule has 0 atom stereocenters. The van der Waals surface area contributed by atoms with Crippen molar-refractivity contribution in [2.45, 2.75) is 11.8 Å². The van der Waals surface area contributed by atoms with E-state index in [2.05, 4.69) is 20.9 Å². The largest absolute Gasteiger partial charge is 0.265 e. The Kier molecular flexibility index (Phi) is 5.33. The number of alkyl halides is 3. The Balaban J connectivity index is 0.00000121. The van der Waals surface area contributed by atoms with Crippen molar-refractivity contribution >= 4 is 28.3 Å². The molecule has 0 bridgehead atoms. The molecule has 1 nitrogen and oxygen atoms in total. The lowest BCUT2D eigenvalue weighted by Gasteiger charge is -2.02. The maximum absolute atomic E-state index is 12.2. The summed E-state index contributed by atoms with van der Waals surface area (Å²) >= 11 is 3.08. The van der Waals surface area contributed by atoms with Crippen LogP contribution in [0.25, 0.3) is 0 Å². The molecule has 0 amide bonds. The van der Waals surface area contributed by atoms with Crippen LogP contribution < -0.4 is 0 Å². The van der Waals surface area contributed by atoms with Crippen molar-refractivity contribution in [3.8, 4) is 0 Å². The van der Waals surface area contributed by atoms with Gasteiger partial charge in [-0.25, -0.2) is 8.78 Å². The molecule has 5 heteroatoms. The van der Waals surface area contributed by atoms with E-state index in [9.17, 15) is 8.78 Å². The lowest BCUT2D eigenvalue weighted by Crippen LogP contribution is -1.94. The average molecular weight is 258 g/mol. The first-order valence-electron chi connectivity index (χ1n) is 3.03. The third-order valence-electron chi connectivity index (χ3n) is 1.29. The van der Waals surface area contributed by atoms with Gasteiger partial charge in [-0.1, -0.05) is 15.9 Å². The minimum Gasteiger partial charge on any atom is -0.260 e. The van der Waals surface area contributed by atoms with Gasteiger partial charge in [-0.05, 0) is 12.1 Å². The van der Waals surface area contributed by atoms with Crippen molar-refractivity contribution in [2.75, 3.05) is 0 Å². The summed E-state index contributed by atoms with van der Waals surface area (Å²) < 4.78 is 24.3. The third-order valence-corrected chi connectivity index (χ3v) is 1.82. The molecule has 0 aromatic carbocycles. The predicted molar refractivity (Wildman–Crippen MR) is 49.1 cm³/mol. The third kappa shape index (κ3) is 2.68. The molecule has 0 unspecified atom stereocenters. The second-order valence-corrected chi connectivity index (χ2v) is 2.53. The van der Waals surface area contributed by atoms with Crippen molar-refractivity contribution < 1.29 is 8.78 Å². The molecular formula is C7H7BrClF2N. The van der Waals surface area contributed by atoms with E-state index in [-0.39, 0.29) is 18.0 Å². The smallest absolute Gasteiger partial charge is 0.260 e. The fourth-order valence-electron chi connectivity index (χ4n) is 0.761. The Bertz CT molecular complexity index is 245. The van der Waals surface area contributed by atoms with E-state index in [0.717, 1.165) is 0 Å². The zero-order chi connectivity index (χ0) is 8.27. The summed E-state index contributed by atoms with van der Waals surface area (Å²) in [6.07, 6.45) is -0.932. The van der Waals surface area contributed by atoms with Crippen LogP contribution in [0.15, 0.2) is 18.3 Å². The van der Waals surface area contributed by atoms with E-state index in [1.54, 1.807) is 0 Å². The van der Waals surface area contributed by atoms with E-state index in [0.29, 0.717) is 11.0 Å². The molecule has 1 rings (SSSR count). The predicted octanol–water partition coefficient (Wildman–Crippen LogP) is 3.34. The number of pyridine rings is 1. The van der Waals surface area contributed by atoms with E-state index in [1.807, 2.05) is 0 Å². The standard InChI is InChI=1S/C7H6BrF2N.ClH/c8-4-6-5(7(9)10)2-1-3-11-6;/h1-3,7H,4H2;1H. The molecule has 0 fully saturated rings.